The highest BCUT2D eigenvalue weighted by molar-refractivity contribution is 5.97. The van der Waals surface area contributed by atoms with Crippen LogP contribution in [0.25, 0.3) is 0 Å². The van der Waals surface area contributed by atoms with Crippen LogP contribution in [-0.2, 0) is 14.3 Å². The molecule has 0 saturated heterocycles. The summed E-state index contributed by atoms with van der Waals surface area (Å²) in [5, 5.41) is 11.1. The lowest BCUT2D eigenvalue weighted by molar-refractivity contribution is -0.147. The van der Waals surface area contributed by atoms with E-state index in [-0.39, 0.29) is 5.56 Å². The average molecular weight is 255 g/mol. The molecule has 0 fully saturated rings. The molecular weight excluding hydrogens is 242 g/mol. The summed E-state index contributed by atoms with van der Waals surface area (Å²) in [5.74, 6) is -2.12. The third-order valence-electron chi connectivity index (χ3n) is 2.19. The minimum absolute atomic E-state index is 0.198. The molecule has 0 aliphatic heterocycles. The Hall–Kier alpha value is -2.31. The Labute approximate surface area is 103 Å². The first-order chi connectivity index (χ1) is 8.43. The van der Waals surface area contributed by atoms with Gasteiger partial charge in [-0.05, 0) is 13.0 Å². The number of ether oxygens (including phenoxy) is 1. The molecule has 0 unspecified atom stereocenters. The quantitative estimate of drug-likeness (QED) is 0.734. The minimum atomic E-state index is -1.33. The fourth-order valence-electron chi connectivity index (χ4n) is 1.25. The van der Waals surface area contributed by atoms with Crippen molar-refractivity contribution in [3.05, 3.63) is 23.7 Å². The third kappa shape index (κ3) is 3.62. The van der Waals surface area contributed by atoms with E-state index in [1.165, 1.54) is 12.3 Å². The SMILES string of the molecule is COC(=O)C[C@H](NC(=O)c1coc(C)c1)C(=O)O. The normalized spacial score (nSPS) is 11.7. The lowest BCUT2D eigenvalue weighted by Gasteiger charge is -2.12. The van der Waals surface area contributed by atoms with E-state index in [4.69, 9.17) is 9.52 Å². The number of hydrogen-bond acceptors (Lipinski definition) is 5. The predicted octanol–water partition coefficient (Wildman–Crippen LogP) is 0.334. The van der Waals surface area contributed by atoms with Crippen LogP contribution in [0.4, 0.5) is 0 Å². The molecule has 7 nitrogen and oxygen atoms in total. The number of aryl methyl sites for hydroxylation is 1. The molecule has 18 heavy (non-hydrogen) atoms. The second kappa shape index (κ2) is 5.85. The van der Waals surface area contributed by atoms with E-state index >= 15 is 0 Å². The van der Waals surface area contributed by atoms with Crippen molar-refractivity contribution in [1.29, 1.82) is 0 Å². The minimum Gasteiger partial charge on any atom is -0.480 e. The van der Waals surface area contributed by atoms with Crippen LogP contribution in [-0.4, -0.2) is 36.1 Å². The molecule has 1 amide bonds. The van der Waals surface area contributed by atoms with Gasteiger partial charge >= 0.3 is 11.9 Å². The second-order valence-corrected chi connectivity index (χ2v) is 3.59. The average Bonchev–Trinajstić information content (AvgIpc) is 2.74. The maximum Gasteiger partial charge on any atom is 0.326 e. The number of nitrogens with one attached hydrogen (secondary N) is 1. The zero-order valence-corrected chi connectivity index (χ0v) is 9.93. The van der Waals surface area contributed by atoms with Gasteiger partial charge in [0.05, 0.1) is 19.1 Å². The smallest absolute Gasteiger partial charge is 0.326 e. The van der Waals surface area contributed by atoms with Crippen LogP contribution in [0.3, 0.4) is 0 Å². The lowest BCUT2D eigenvalue weighted by Crippen LogP contribution is -2.42. The van der Waals surface area contributed by atoms with E-state index < -0.39 is 30.3 Å². The van der Waals surface area contributed by atoms with E-state index in [2.05, 4.69) is 10.1 Å². The van der Waals surface area contributed by atoms with Crippen LogP contribution in [0.15, 0.2) is 16.7 Å². The Balaban J connectivity index is 2.69. The number of carboxylic acid groups (broad SMARTS) is 1. The van der Waals surface area contributed by atoms with E-state index in [1.54, 1.807) is 6.92 Å². The van der Waals surface area contributed by atoms with Gasteiger partial charge in [0.25, 0.3) is 5.91 Å². The van der Waals surface area contributed by atoms with Crippen LogP contribution >= 0.6 is 0 Å². The first-order valence-corrected chi connectivity index (χ1v) is 5.09. The first kappa shape index (κ1) is 13.8. The van der Waals surface area contributed by atoms with Crippen molar-refractivity contribution in [1.82, 2.24) is 5.32 Å². The molecule has 0 radical (unpaired) electrons. The van der Waals surface area contributed by atoms with Gasteiger partial charge in [-0.15, -0.1) is 0 Å². The number of amides is 1. The van der Waals surface area contributed by atoms with Gasteiger partial charge in [0.1, 0.15) is 18.1 Å². The van der Waals surface area contributed by atoms with Gasteiger partial charge in [0.2, 0.25) is 0 Å². The van der Waals surface area contributed by atoms with Crippen molar-refractivity contribution in [3.8, 4) is 0 Å². The molecule has 1 rings (SSSR count). The number of methoxy groups -OCH3 is 1. The van der Waals surface area contributed by atoms with E-state index in [0.717, 1.165) is 7.11 Å². The monoisotopic (exact) mass is 255 g/mol. The summed E-state index contributed by atoms with van der Waals surface area (Å²) >= 11 is 0. The number of hydrogen-bond donors (Lipinski definition) is 2. The number of esters is 1. The van der Waals surface area contributed by atoms with Crippen LogP contribution in [0, 0.1) is 6.92 Å². The fourth-order valence-corrected chi connectivity index (χ4v) is 1.25. The van der Waals surface area contributed by atoms with Crippen molar-refractivity contribution in [2.24, 2.45) is 0 Å². The Bertz CT molecular complexity index is 464. The van der Waals surface area contributed by atoms with E-state index in [1.807, 2.05) is 0 Å². The van der Waals surface area contributed by atoms with Crippen molar-refractivity contribution < 1.29 is 28.6 Å². The third-order valence-corrected chi connectivity index (χ3v) is 2.19. The van der Waals surface area contributed by atoms with Gasteiger partial charge < -0.3 is 19.6 Å². The Morgan fingerprint density at radius 3 is 2.61 bits per heavy atom. The molecule has 1 heterocycles. The molecule has 0 aliphatic carbocycles. The summed E-state index contributed by atoms with van der Waals surface area (Å²) in [6, 6.07) is 0.131. The Kier molecular flexibility index (Phi) is 4.47. The summed E-state index contributed by atoms with van der Waals surface area (Å²) in [6.07, 6.45) is 0.774. The lowest BCUT2D eigenvalue weighted by atomic mass is 10.2. The number of aliphatic carboxylic acids is 1. The molecule has 98 valence electrons. The molecule has 0 bridgehead atoms. The Morgan fingerprint density at radius 2 is 2.17 bits per heavy atom. The number of carbonyl (C=O) groups excluding carboxylic acids is 2. The molecular formula is C11H13NO6. The van der Waals surface area contributed by atoms with Crippen molar-refractivity contribution in [2.75, 3.05) is 7.11 Å². The van der Waals surface area contributed by atoms with E-state index in [0.29, 0.717) is 5.76 Å². The molecule has 0 spiro atoms. The zero-order chi connectivity index (χ0) is 13.7. The zero-order valence-electron chi connectivity index (χ0n) is 9.93. The number of carboxylic acids is 1. The molecule has 1 aromatic heterocycles. The van der Waals surface area contributed by atoms with Gasteiger partial charge in [0, 0.05) is 0 Å². The maximum absolute atomic E-state index is 11.7. The molecule has 0 aromatic carbocycles. The molecule has 1 aromatic rings. The van der Waals surface area contributed by atoms with Gasteiger partial charge in [-0.25, -0.2) is 4.79 Å². The van der Waals surface area contributed by atoms with Gasteiger partial charge in [-0.2, -0.15) is 0 Å². The standard InChI is InChI=1S/C11H13NO6/c1-6-3-7(5-18-6)10(14)12-8(11(15)16)4-9(13)17-2/h3,5,8H,4H2,1-2H3,(H,12,14)(H,15,16)/t8-/m0/s1. The van der Waals surface area contributed by atoms with Crippen molar-refractivity contribution in [2.45, 2.75) is 19.4 Å². The van der Waals surface area contributed by atoms with E-state index in [9.17, 15) is 14.4 Å². The summed E-state index contributed by atoms with van der Waals surface area (Å²) < 4.78 is 9.28. The summed E-state index contributed by atoms with van der Waals surface area (Å²) in [7, 11) is 1.14. The predicted molar refractivity (Wildman–Crippen MR) is 59.0 cm³/mol. The summed E-state index contributed by atoms with van der Waals surface area (Å²) in [6.45, 7) is 1.65. The molecule has 2 N–H and O–H groups in total. The van der Waals surface area contributed by atoms with Gasteiger partial charge in [-0.1, -0.05) is 0 Å². The van der Waals surface area contributed by atoms with Gasteiger partial charge in [-0.3, -0.25) is 9.59 Å². The second-order valence-electron chi connectivity index (χ2n) is 3.59. The number of carbonyl (C=O) groups is 3. The molecule has 0 aliphatic rings. The highest BCUT2D eigenvalue weighted by atomic mass is 16.5. The van der Waals surface area contributed by atoms with Crippen LogP contribution in [0.1, 0.15) is 22.5 Å². The highest BCUT2D eigenvalue weighted by Gasteiger charge is 2.24. The van der Waals surface area contributed by atoms with Gasteiger partial charge in [0.15, 0.2) is 0 Å². The number of furan rings is 1. The Morgan fingerprint density at radius 1 is 1.50 bits per heavy atom. The number of rotatable bonds is 5. The topological polar surface area (TPSA) is 106 Å². The van der Waals surface area contributed by atoms with Crippen LogP contribution < -0.4 is 5.32 Å². The largest absolute Gasteiger partial charge is 0.480 e. The molecule has 7 heteroatoms. The van der Waals surface area contributed by atoms with Crippen LogP contribution in [0.5, 0.6) is 0 Å². The summed E-state index contributed by atoms with van der Waals surface area (Å²) in [4.78, 5) is 33.5. The first-order valence-electron chi connectivity index (χ1n) is 5.09. The highest BCUT2D eigenvalue weighted by Crippen LogP contribution is 2.07. The van der Waals surface area contributed by atoms with Crippen LogP contribution in [0.2, 0.25) is 0 Å². The molecule has 1 atom stereocenters. The molecule has 0 saturated carbocycles. The fraction of sp³-hybridized carbons (Fsp3) is 0.364. The van der Waals surface area contributed by atoms with Crippen molar-refractivity contribution >= 4 is 17.8 Å². The summed E-state index contributed by atoms with van der Waals surface area (Å²) in [5.41, 5.74) is 0.198. The maximum atomic E-state index is 11.7. The van der Waals surface area contributed by atoms with Crippen molar-refractivity contribution in [3.63, 3.8) is 0 Å².